The minimum atomic E-state index is -0.850. The largest absolute Gasteiger partial charge is 0.422 e. The van der Waals surface area contributed by atoms with Crippen LogP contribution in [-0.2, 0) is 9.59 Å². The molecule has 246 valence electrons. The first-order valence-corrected chi connectivity index (χ1v) is 16.6. The quantitative estimate of drug-likeness (QED) is 0.0483. The van der Waals surface area contributed by atoms with Crippen LogP contribution >= 0.6 is 11.3 Å². The summed E-state index contributed by atoms with van der Waals surface area (Å²) >= 11 is 1.23. The number of esters is 1. The van der Waals surface area contributed by atoms with Crippen molar-refractivity contribution in [1.82, 2.24) is 10.0 Å². The van der Waals surface area contributed by atoms with Crippen molar-refractivity contribution in [2.24, 2.45) is 11.8 Å². The lowest BCUT2D eigenvalue weighted by molar-refractivity contribution is -0.384. The van der Waals surface area contributed by atoms with E-state index in [0.29, 0.717) is 4.88 Å². The summed E-state index contributed by atoms with van der Waals surface area (Å²) < 4.78 is 5.39. The van der Waals surface area contributed by atoms with Gasteiger partial charge in [0.15, 0.2) is 5.78 Å². The highest BCUT2D eigenvalue weighted by atomic mass is 32.1. The Kier molecular flexibility index (Phi) is 7.45. The molecule has 0 saturated carbocycles. The third-order valence-corrected chi connectivity index (χ3v) is 10.5. The van der Waals surface area contributed by atoms with E-state index in [4.69, 9.17) is 4.74 Å². The molecule has 0 N–H and O–H groups in total. The van der Waals surface area contributed by atoms with Crippen LogP contribution < -0.4 is 4.74 Å². The number of nitro benzene ring substituents is 1. The van der Waals surface area contributed by atoms with Gasteiger partial charge in [-0.3, -0.25) is 29.3 Å². The summed E-state index contributed by atoms with van der Waals surface area (Å²) in [6, 6.07) is 29.2. The van der Waals surface area contributed by atoms with Crippen LogP contribution in [0.2, 0.25) is 0 Å². The van der Waals surface area contributed by atoms with Crippen LogP contribution in [0.4, 0.5) is 5.69 Å². The molecule has 1 aliphatic heterocycles. The lowest BCUT2D eigenvalue weighted by Crippen LogP contribution is -2.52. The predicted octanol–water partition coefficient (Wildman–Crippen LogP) is 6.01. The summed E-state index contributed by atoms with van der Waals surface area (Å²) in [5.41, 5.74) is 3.63. The van der Waals surface area contributed by atoms with E-state index in [1.54, 1.807) is 17.5 Å². The summed E-state index contributed by atoms with van der Waals surface area (Å²) in [5, 5.41) is 14.7. The minimum absolute atomic E-state index is 0.0516. The number of hydrazine groups is 1. The van der Waals surface area contributed by atoms with Gasteiger partial charge in [0, 0.05) is 35.1 Å². The Bertz CT molecular complexity index is 2120. The molecule has 50 heavy (non-hydrogen) atoms. The van der Waals surface area contributed by atoms with Crippen LogP contribution in [0.3, 0.4) is 0 Å². The second kappa shape index (κ2) is 12.0. The van der Waals surface area contributed by atoms with E-state index in [1.165, 1.54) is 47.7 Å². The molecule has 9 rings (SSSR count). The maximum atomic E-state index is 14.5. The third-order valence-electron chi connectivity index (χ3n) is 9.63. The van der Waals surface area contributed by atoms with E-state index in [2.05, 4.69) is 0 Å². The van der Waals surface area contributed by atoms with Gasteiger partial charge in [-0.15, -0.1) is 11.3 Å². The van der Waals surface area contributed by atoms with Gasteiger partial charge >= 0.3 is 5.97 Å². The Labute approximate surface area is 288 Å². The van der Waals surface area contributed by atoms with Crippen LogP contribution in [-0.4, -0.2) is 51.0 Å². The van der Waals surface area contributed by atoms with Crippen molar-refractivity contribution in [3.63, 3.8) is 0 Å². The molecule has 1 saturated heterocycles. The second-order valence-corrected chi connectivity index (χ2v) is 13.2. The van der Waals surface area contributed by atoms with Crippen LogP contribution in [0.5, 0.6) is 5.75 Å². The molecule has 3 amide bonds. The number of imide groups is 1. The highest BCUT2D eigenvalue weighted by Gasteiger charge is 2.63. The standard InChI is InChI=1S/C38H25N3O8S/c42-29(21-13-17-24(18-14-21)49-38(46)30-10-5-19-50-30)20-39(35(43)22-11-15-23(16-12-22)41(47)48)40-36(44)33-31-25-6-1-2-7-26(25)32(34(33)37(40)45)28-9-4-3-8-27(28)31/h1-19,31-34H,20H2/t31?,32?,33-,34-/m1/s1. The molecule has 4 aromatic carbocycles. The zero-order chi connectivity index (χ0) is 34.7. The summed E-state index contributed by atoms with van der Waals surface area (Å²) in [5.74, 6) is -5.49. The van der Waals surface area contributed by atoms with Gasteiger partial charge in [-0.2, -0.15) is 5.01 Å². The fourth-order valence-electron chi connectivity index (χ4n) is 7.50. The van der Waals surface area contributed by atoms with Crippen LogP contribution in [0, 0.1) is 22.0 Å². The number of ketones is 1. The zero-order valence-corrected chi connectivity index (χ0v) is 26.8. The number of Topliss-reactive ketones (excluding diaryl/α,β-unsaturated/α-hetero) is 1. The lowest BCUT2D eigenvalue weighted by Gasteiger charge is -2.45. The highest BCUT2D eigenvalue weighted by molar-refractivity contribution is 7.12. The number of nitrogens with zero attached hydrogens (tertiary/aromatic N) is 3. The molecule has 1 fully saturated rings. The SMILES string of the molecule is O=C(CN(C(=O)c1ccc([N+](=O)[O-])cc1)N1C(=O)[C@@H]2C3c4ccccc4C(c4ccccc43)[C@H]2C1=O)c1ccc(OC(=O)c2cccs2)cc1. The number of carbonyl (C=O) groups is 5. The van der Waals surface area contributed by atoms with Gasteiger partial charge in [0.25, 0.3) is 23.4 Å². The molecule has 1 aromatic heterocycles. The first-order chi connectivity index (χ1) is 24.2. The Morgan fingerprint density at radius 3 is 1.72 bits per heavy atom. The van der Waals surface area contributed by atoms with E-state index < -0.39 is 64.6 Å². The number of non-ortho nitro benzene ring substituents is 1. The van der Waals surface area contributed by atoms with Gasteiger partial charge in [0.05, 0.1) is 16.8 Å². The van der Waals surface area contributed by atoms with Crippen molar-refractivity contribution in [3.05, 3.63) is 163 Å². The molecular formula is C38H25N3O8S. The van der Waals surface area contributed by atoms with E-state index in [1.807, 2.05) is 48.5 Å². The number of thiophene rings is 1. The fraction of sp³-hybridized carbons (Fsp3) is 0.132. The van der Waals surface area contributed by atoms with Gasteiger partial charge in [-0.05, 0) is 70.1 Å². The predicted molar refractivity (Wildman–Crippen MR) is 180 cm³/mol. The van der Waals surface area contributed by atoms with E-state index in [-0.39, 0.29) is 22.6 Å². The number of hydrogen-bond donors (Lipinski definition) is 0. The normalized spacial score (nSPS) is 19.7. The summed E-state index contributed by atoms with van der Waals surface area (Å²) in [6.45, 7) is -0.684. The average Bonchev–Trinajstić information content (AvgIpc) is 3.78. The summed E-state index contributed by atoms with van der Waals surface area (Å²) in [4.78, 5) is 80.5. The molecule has 12 heteroatoms. The van der Waals surface area contributed by atoms with Crippen molar-refractivity contribution in [2.75, 3.05) is 6.54 Å². The first kappa shape index (κ1) is 31.0. The summed E-state index contributed by atoms with van der Waals surface area (Å²) in [7, 11) is 0. The molecule has 11 nitrogen and oxygen atoms in total. The smallest absolute Gasteiger partial charge is 0.353 e. The maximum absolute atomic E-state index is 14.5. The number of benzene rings is 4. The average molecular weight is 684 g/mol. The molecule has 4 aliphatic rings. The summed E-state index contributed by atoms with van der Waals surface area (Å²) in [6.07, 6.45) is 0. The Hall–Kier alpha value is -6.27. The fourth-order valence-corrected chi connectivity index (χ4v) is 8.09. The molecule has 3 aliphatic carbocycles. The number of ether oxygens (including phenoxy) is 1. The molecule has 0 spiro atoms. The van der Waals surface area contributed by atoms with Gasteiger partial charge in [-0.25, -0.2) is 9.80 Å². The second-order valence-electron chi connectivity index (χ2n) is 12.2. The molecule has 0 radical (unpaired) electrons. The van der Waals surface area contributed by atoms with Gasteiger partial charge in [-0.1, -0.05) is 54.6 Å². The Balaban J connectivity index is 1.14. The number of hydrogen-bond acceptors (Lipinski definition) is 9. The van der Waals surface area contributed by atoms with E-state index in [0.717, 1.165) is 44.4 Å². The molecule has 0 unspecified atom stereocenters. The molecule has 2 bridgehead atoms. The maximum Gasteiger partial charge on any atom is 0.353 e. The van der Waals surface area contributed by atoms with Crippen molar-refractivity contribution >= 4 is 46.5 Å². The van der Waals surface area contributed by atoms with Gasteiger partial charge < -0.3 is 4.74 Å². The van der Waals surface area contributed by atoms with Crippen molar-refractivity contribution in [1.29, 1.82) is 0 Å². The molecule has 2 atom stereocenters. The number of nitro groups is 1. The van der Waals surface area contributed by atoms with E-state index >= 15 is 0 Å². The van der Waals surface area contributed by atoms with Crippen molar-refractivity contribution in [3.8, 4) is 5.75 Å². The molecule has 2 heterocycles. The Morgan fingerprint density at radius 1 is 0.720 bits per heavy atom. The van der Waals surface area contributed by atoms with Crippen LogP contribution in [0.15, 0.2) is 115 Å². The first-order valence-electron chi connectivity index (χ1n) is 15.7. The van der Waals surface area contributed by atoms with E-state index in [9.17, 15) is 34.1 Å². The highest BCUT2D eigenvalue weighted by Crippen LogP contribution is 2.61. The number of carbonyl (C=O) groups excluding carboxylic acids is 5. The van der Waals surface area contributed by atoms with Crippen molar-refractivity contribution in [2.45, 2.75) is 11.8 Å². The lowest BCUT2D eigenvalue weighted by atomic mass is 9.55. The number of rotatable bonds is 8. The Morgan fingerprint density at radius 2 is 1.24 bits per heavy atom. The zero-order valence-electron chi connectivity index (χ0n) is 26.0. The number of amides is 3. The topological polar surface area (TPSA) is 144 Å². The van der Waals surface area contributed by atoms with Crippen molar-refractivity contribution < 1.29 is 33.6 Å². The third kappa shape index (κ3) is 4.91. The van der Waals surface area contributed by atoms with Crippen LogP contribution in [0.1, 0.15) is 64.5 Å². The molecular weight excluding hydrogens is 658 g/mol. The van der Waals surface area contributed by atoms with Gasteiger partial charge in [0.2, 0.25) is 0 Å². The minimum Gasteiger partial charge on any atom is -0.422 e. The van der Waals surface area contributed by atoms with Gasteiger partial charge in [0.1, 0.15) is 17.2 Å². The monoisotopic (exact) mass is 683 g/mol. The van der Waals surface area contributed by atoms with Crippen LogP contribution in [0.25, 0.3) is 0 Å². The molecule has 5 aromatic rings.